The predicted molar refractivity (Wildman–Crippen MR) is 99.4 cm³/mol. The van der Waals surface area contributed by atoms with E-state index in [1.807, 2.05) is 0 Å². The summed E-state index contributed by atoms with van der Waals surface area (Å²) in [4.78, 5) is 15.0. The molecule has 2 aliphatic heterocycles. The van der Waals surface area contributed by atoms with Crippen molar-refractivity contribution < 1.29 is 13.9 Å². The number of nitrogens with zero attached hydrogens (tertiary/aromatic N) is 3. The van der Waals surface area contributed by atoms with Crippen molar-refractivity contribution in [1.29, 1.82) is 0 Å². The van der Waals surface area contributed by atoms with E-state index < -0.39 is 0 Å². The summed E-state index contributed by atoms with van der Waals surface area (Å²) in [6.07, 6.45) is 4.64. The Morgan fingerprint density at radius 3 is 2.78 bits per heavy atom. The summed E-state index contributed by atoms with van der Waals surface area (Å²) >= 11 is 0. The van der Waals surface area contributed by atoms with Gasteiger partial charge in [-0.15, -0.1) is 0 Å². The summed E-state index contributed by atoms with van der Waals surface area (Å²) in [6.45, 7) is 4.84. The zero-order valence-corrected chi connectivity index (χ0v) is 15.3. The van der Waals surface area contributed by atoms with Crippen molar-refractivity contribution in [3.8, 4) is 5.69 Å². The Morgan fingerprint density at radius 1 is 1.22 bits per heavy atom. The Balaban J connectivity index is 1.29. The van der Waals surface area contributed by atoms with Crippen LogP contribution in [0.3, 0.4) is 0 Å². The summed E-state index contributed by atoms with van der Waals surface area (Å²) in [7, 11) is 0. The van der Waals surface area contributed by atoms with Gasteiger partial charge in [-0.05, 0) is 43.4 Å². The van der Waals surface area contributed by atoms with Gasteiger partial charge < -0.3 is 15.0 Å². The van der Waals surface area contributed by atoms with Gasteiger partial charge in [0.15, 0.2) is 5.69 Å². The molecular formula is C20H25FN4O2. The number of ether oxygens (including phenoxy) is 1. The molecule has 27 heavy (non-hydrogen) atoms. The van der Waals surface area contributed by atoms with Crippen LogP contribution < -0.4 is 5.32 Å². The lowest BCUT2D eigenvalue weighted by atomic mass is 10.0. The predicted octanol–water partition coefficient (Wildman–Crippen LogP) is 2.24. The van der Waals surface area contributed by atoms with Crippen molar-refractivity contribution in [2.45, 2.75) is 25.3 Å². The van der Waals surface area contributed by atoms with Gasteiger partial charge in [0.1, 0.15) is 11.5 Å². The molecule has 0 aliphatic carbocycles. The number of hydrogen-bond acceptors (Lipinski definition) is 4. The lowest BCUT2D eigenvalue weighted by Gasteiger charge is -2.33. The van der Waals surface area contributed by atoms with Crippen molar-refractivity contribution in [3.05, 3.63) is 48.0 Å². The molecule has 0 spiro atoms. The minimum Gasteiger partial charge on any atom is -0.381 e. The summed E-state index contributed by atoms with van der Waals surface area (Å²) in [5.41, 5.74) is 0.643. The zero-order valence-electron chi connectivity index (χ0n) is 15.3. The van der Waals surface area contributed by atoms with E-state index in [1.165, 1.54) is 10.7 Å². The smallest absolute Gasteiger partial charge is 0.272 e. The van der Waals surface area contributed by atoms with Crippen LogP contribution in [0.1, 0.15) is 29.8 Å². The lowest BCUT2D eigenvalue weighted by Crippen LogP contribution is -2.46. The molecule has 1 atom stereocenters. The fourth-order valence-electron chi connectivity index (χ4n) is 3.83. The van der Waals surface area contributed by atoms with Crippen LogP contribution in [0, 0.1) is 11.7 Å². The number of nitrogens with one attached hydrogen (secondary N) is 1. The summed E-state index contributed by atoms with van der Waals surface area (Å²) < 4.78 is 20.7. The number of carbonyl (C=O) groups is 1. The highest BCUT2D eigenvalue weighted by molar-refractivity contribution is 5.92. The highest BCUT2D eigenvalue weighted by Gasteiger charge is 2.25. The van der Waals surface area contributed by atoms with Gasteiger partial charge in [0, 0.05) is 38.5 Å². The van der Waals surface area contributed by atoms with Crippen molar-refractivity contribution in [2.75, 3.05) is 32.8 Å². The first-order valence-electron chi connectivity index (χ1n) is 9.60. The SMILES string of the molecule is O=C(NC1CCN(CC2CCOC2)CC1)c1ccn(-c2ccccc2F)n1. The Morgan fingerprint density at radius 2 is 2.04 bits per heavy atom. The number of hydrogen-bond donors (Lipinski definition) is 1. The number of para-hydroxylation sites is 1. The Hall–Kier alpha value is -2.25. The third kappa shape index (κ3) is 4.36. The number of benzene rings is 1. The van der Waals surface area contributed by atoms with Crippen LogP contribution in [0.2, 0.25) is 0 Å². The Bertz CT molecular complexity index is 780. The zero-order chi connectivity index (χ0) is 18.6. The van der Waals surface area contributed by atoms with E-state index in [-0.39, 0.29) is 17.8 Å². The Labute approximate surface area is 158 Å². The van der Waals surface area contributed by atoms with Crippen LogP contribution in [0.15, 0.2) is 36.5 Å². The van der Waals surface area contributed by atoms with Crippen molar-refractivity contribution in [3.63, 3.8) is 0 Å². The van der Waals surface area contributed by atoms with E-state index in [4.69, 9.17) is 4.74 Å². The molecule has 3 heterocycles. The maximum Gasteiger partial charge on any atom is 0.272 e. The molecule has 1 amide bonds. The van der Waals surface area contributed by atoms with Crippen LogP contribution in [0.4, 0.5) is 4.39 Å². The summed E-state index contributed by atoms with van der Waals surface area (Å²) in [5, 5.41) is 7.30. The minimum absolute atomic E-state index is 0.159. The number of likely N-dealkylation sites (tertiary alicyclic amines) is 1. The molecule has 1 aromatic heterocycles. The molecule has 2 aliphatic rings. The fourth-order valence-corrected chi connectivity index (χ4v) is 3.83. The van der Waals surface area contributed by atoms with E-state index >= 15 is 0 Å². The molecule has 1 aromatic carbocycles. The largest absolute Gasteiger partial charge is 0.381 e. The van der Waals surface area contributed by atoms with E-state index in [0.29, 0.717) is 17.3 Å². The monoisotopic (exact) mass is 372 g/mol. The molecule has 6 nitrogen and oxygen atoms in total. The van der Waals surface area contributed by atoms with Gasteiger partial charge in [0.2, 0.25) is 0 Å². The van der Waals surface area contributed by atoms with Gasteiger partial charge in [0.05, 0.1) is 6.61 Å². The van der Waals surface area contributed by atoms with Crippen LogP contribution >= 0.6 is 0 Å². The van der Waals surface area contributed by atoms with Crippen LogP contribution in [-0.4, -0.2) is 59.5 Å². The Kier molecular flexibility index (Phi) is 5.50. The summed E-state index contributed by atoms with van der Waals surface area (Å²) in [5.74, 6) is 0.0822. The topological polar surface area (TPSA) is 59.4 Å². The van der Waals surface area contributed by atoms with Crippen molar-refractivity contribution in [1.82, 2.24) is 20.0 Å². The third-order valence-corrected chi connectivity index (χ3v) is 5.38. The number of rotatable bonds is 5. The third-order valence-electron chi connectivity index (χ3n) is 5.38. The second kappa shape index (κ2) is 8.19. The van der Waals surface area contributed by atoms with Crippen LogP contribution in [-0.2, 0) is 4.74 Å². The van der Waals surface area contributed by atoms with Crippen molar-refractivity contribution in [2.24, 2.45) is 5.92 Å². The van der Waals surface area contributed by atoms with E-state index in [0.717, 1.165) is 52.1 Å². The molecular weight excluding hydrogens is 347 g/mol. The normalized spacial score (nSPS) is 21.4. The van der Waals surface area contributed by atoms with E-state index in [9.17, 15) is 9.18 Å². The van der Waals surface area contributed by atoms with E-state index in [1.54, 1.807) is 30.5 Å². The first-order chi connectivity index (χ1) is 13.2. The highest BCUT2D eigenvalue weighted by atomic mass is 19.1. The van der Waals surface area contributed by atoms with Gasteiger partial charge in [-0.3, -0.25) is 4.79 Å². The second-order valence-corrected chi connectivity index (χ2v) is 7.37. The molecule has 0 radical (unpaired) electrons. The number of carbonyl (C=O) groups excluding carboxylic acids is 1. The molecule has 0 bridgehead atoms. The quantitative estimate of drug-likeness (QED) is 0.875. The molecule has 4 rings (SSSR count). The minimum atomic E-state index is -0.368. The maximum atomic E-state index is 13.9. The van der Waals surface area contributed by atoms with E-state index in [2.05, 4.69) is 15.3 Å². The highest BCUT2D eigenvalue weighted by Crippen LogP contribution is 2.18. The van der Waals surface area contributed by atoms with Gasteiger partial charge in [-0.25, -0.2) is 9.07 Å². The van der Waals surface area contributed by atoms with Gasteiger partial charge >= 0.3 is 0 Å². The van der Waals surface area contributed by atoms with Crippen molar-refractivity contribution >= 4 is 5.91 Å². The number of piperidine rings is 1. The summed E-state index contributed by atoms with van der Waals surface area (Å²) in [6, 6.07) is 8.16. The molecule has 0 saturated carbocycles. The fraction of sp³-hybridized carbons (Fsp3) is 0.500. The average molecular weight is 372 g/mol. The van der Waals surface area contributed by atoms with Crippen LogP contribution in [0.25, 0.3) is 5.69 Å². The average Bonchev–Trinajstić information content (AvgIpc) is 3.36. The van der Waals surface area contributed by atoms with Gasteiger partial charge in [-0.2, -0.15) is 5.10 Å². The standard InChI is InChI=1S/C20H25FN4O2/c21-17-3-1-2-4-19(17)25-11-7-18(23-25)20(26)22-16-5-9-24(10-6-16)13-15-8-12-27-14-15/h1-4,7,11,15-16H,5-6,8-10,12-14H2,(H,22,26). The van der Waals surface area contributed by atoms with Gasteiger partial charge in [0.25, 0.3) is 5.91 Å². The second-order valence-electron chi connectivity index (χ2n) is 7.37. The number of halogens is 1. The molecule has 144 valence electrons. The first-order valence-corrected chi connectivity index (χ1v) is 9.60. The molecule has 2 fully saturated rings. The molecule has 2 aromatic rings. The first kappa shape index (κ1) is 18.1. The molecule has 1 unspecified atom stereocenters. The molecule has 1 N–H and O–H groups in total. The number of amides is 1. The van der Waals surface area contributed by atoms with Crippen LogP contribution in [0.5, 0.6) is 0 Å². The van der Waals surface area contributed by atoms with Gasteiger partial charge in [-0.1, -0.05) is 12.1 Å². The molecule has 7 heteroatoms. The maximum absolute atomic E-state index is 13.9. The number of aromatic nitrogens is 2. The lowest BCUT2D eigenvalue weighted by molar-refractivity contribution is 0.0898. The molecule has 2 saturated heterocycles.